The van der Waals surface area contributed by atoms with E-state index in [4.69, 9.17) is 23.2 Å². The summed E-state index contributed by atoms with van der Waals surface area (Å²) in [6.45, 7) is 0. The molecule has 0 radical (unpaired) electrons. The topological polar surface area (TPSA) is 90.4 Å². The van der Waals surface area contributed by atoms with Gasteiger partial charge in [-0.25, -0.2) is 5.43 Å². The van der Waals surface area contributed by atoms with Gasteiger partial charge in [0.05, 0.1) is 22.0 Å². The molecule has 0 spiro atoms. The van der Waals surface area contributed by atoms with Gasteiger partial charge < -0.3 is 5.11 Å². The van der Waals surface area contributed by atoms with Crippen LogP contribution < -0.4 is 5.43 Å². The number of amides is 1. The van der Waals surface area contributed by atoms with Gasteiger partial charge in [0.15, 0.2) is 0 Å². The Morgan fingerprint density at radius 2 is 1.96 bits per heavy atom. The third-order valence-electron chi connectivity index (χ3n) is 3.34. The smallest absolute Gasteiger partial charge is 0.289 e. The van der Waals surface area contributed by atoms with E-state index in [1.165, 1.54) is 12.3 Å². The van der Waals surface area contributed by atoms with Crippen molar-refractivity contribution in [3.05, 3.63) is 69.8 Å². The van der Waals surface area contributed by atoms with Crippen LogP contribution in [0, 0.1) is 0 Å². The molecule has 2 aromatic carbocycles. The molecule has 0 bridgehead atoms. The summed E-state index contributed by atoms with van der Waals surface area (Å²) in [5.41, 5.74) is 4.36. The number of aromatic amines is 1. The molecule has 0 aliphatic heterocycles. The minimum atomic E-state index is -0.467. The van der Waals surface area contributed by atoms with Gasteiger partial charge in [0.1, 0.15) is 11.4 Å². The Morgan fingerprint density at radius 3 is 2.72 bits per heavy atom. The highest BCUT2D eigenvalue weighted by molar-refractivity contribution is 6.42. The molecule has 8 heteroatoms. The van der Waals surface area contributed by atoms with Gasteiger partial charge >= 0.3 is 0 Å². The van der Waals surface area contributed by atoms with Gasteiger partial charge in [0.25, 0.3) is 5.91 Å². The van der Waals surface area contributed by atoms with Crippen LogP contribution in [0.25, 0.3) is 11.3 Å². The van der Waals surface area contributed by atoms with Gasteiger partial charge in [0.2, 0.25) is 0 Å². The van der Waals surface area contributed by atoms with Crippen molar-refractivity contribution in [2.24, 2.45) is 5.10 Å². The van der Waals surface area contributed by atoms with Gasteiger partial charge in [-0.1, -0.05) is 41.4 Å². The SMILES string of the molecule is O=C(N/N=C\c1ccccc1O)c1cc(-c2ccc(Cl)c(Cl)c2)n[nH]1. The number of halogens is 2. The molecule has 126 valence electrons. The van der Waals surface area contributed by atoms with Crippen LogP contribution in [-0.2, 0) is 0 Å². The average Bonchev–Trinajstić information content (AvgIpc) is 3.09. The Labute approximate surface area is 153 Å². The van der Waals surface area contributed by atoms with Crippen LogP contribution in [0.3, 0.4) is 0 Å². The van der Waals surface area contributed by atoms with E-state index < -0.39 is 5.91 Å². The number of hydrogen-bond acceptors (Lipinski definition) is 4. The lowest BCUT2D eigenvalue weighted by Crippen LogP contribution is -2.18. The number of H-pyrrole nitrogens is 1. The molecule has 1 aromatic heterocycles. The van der Waals surface area contributed by atoms with Crippen molar-refractivity contribution in [1.29, 1.82) is 0 Å². The van der Waals surface area contributed by atoms with E-state index in [1.54, 1.807) is 42.5 Å². The first-order valence-corrected chi connectivity index (χ1v) is 7.92. The van der Waals surface area contributed by atoms with Gasteiger partial charge in [-0.05, 0) is 30.3 Å². The molecule has 3 aromatic rings. The summed E-state index contributed by atoms with van der Waals surface area (Å²) in [6, 6.07) is 13.3. The second-order valence-electron chi connectivity index (χ2n) is 5.05. The molecule has 0 unspecified atom stereocenters. The number of aromatic hydroxyl groups is 1. The van der Waals surface area contributed by atoms with Crippen LogP contribution in [-0.4, -0.2) is 27.4 Å². The number of nitrogens with zero attached hydrogens (tertiary/aromatic N) is 2. The molecule has 0 saturated heterocycles. The molecule has 3 N–H and O–H groups in total. The van der Waals surface area contributed by atoms with Crippen LogP contribution in [0.1, 0.15) is 16.1 Å². The number of benzene rings is 2. The largest absolute Gasteiger partial charge is 0.507 e. The first-order chi connectivity index (χ1) is 12.0. The summed E-state index contributed by atoms with van der Waals surface area (Å²) in [5, 5.41) is 21.0. The summed E-state index contributed by atoms with van der Waals surface area (Å²) in [7, 11) is 0. The van der Waals surface area contributed by atoms with E-state index in [9.17, 15) is 9.90 Å². The average molecular weight is 375 g/mol. The minimum absolute atomic E-state index is 0.0731. The van der Waals surface area contributed by atoms with E-state index in [2.05, 4.69) is 20.7 Å². The summed E-state index contributed by atoms with van der Waals surface area (Å²) >= 11 is 11.9. The van der Waals surface area contributed by atoms with E-state index in [0.717, 1.165) is 5.56 Å². The number of hydrazone groups is 1. The zero-order valence-electron chi connectivity index (χ0n) is 12.7. The fraction of sp³-hybridized carbons (Fsp3) is 0. The predicted octanol–water partition coefficient (Wildman–Crippen LogP) is 3.85. The number of carbonyl (C=O) groups excluding carboxylic acids is 1. The van der Waals surface area contributed by atoms with Gasteiger partial charge in [-0.15, -0.1) is 0 Å². The van der Waals surface area contributed by atoms with E-state index in [0.29, 0.717) is 21.3 Å². The zero-order valence-corrected chi connectivity index (χ0v) is 14.2. The van der Waals surface area contributed by atoms with Crippen LogP contribution in [0.5, 0.6) is 5.75 Å². The molecule has 0 atom stereocenters. The third-order valence-corrected chi connectivity index (χ3v) is 4.08. The number of phenolic OH excluding ortho intramolecular Hbond substituents is 1. The van der Waals surface area contributed by atoms with Crippen LogP contribution in [0.15, 0.2) is 53.6 Å². The first kappa shape index (κ1) is 17.0. The van der Waals surface area contributed by atoms with Crippen LogP contribution in [0.2, 0.25) is 10.0 Å². The van der Waals surface area contributed by atoms with Crippen molar-refractivity contribution in [2.45, 2.75) is 0 Å². The summed E-state index contributed by atoms with van der Waals surface area (Å²) < 4.78 is 0. The summed E-state index contributed by atoms with van der Waals surface area (Å²) in [6.07, 6.45) is 1.35. The molecule has 6 nitrogen and oxygen atoms in total. The van der Waals surface area contributed by atoms with Crippen molar-refractivity contribution in [3.63, 3.8) is 0 Å². The van der Waals surface area contributed by atoms with Gasteiger partial charge in [-0.3, -0.25) is 9.89 Å². The first-order valence-electron chi connectivity index (χ1n) is 7.17. The maximum atomic E-state index is 12.1. The fourth-order valence-corrected chi connectivity index (χ4v) is 2.36. The lowest BCUT2D eigenvalue weighted by atomic mass is 10.1. The van der Waals surface area contributed by atoms with Crippen molar-refractivity contribution in [2.75, 3.05) is 0 Å². The quantitative estimate of drug-likeness (QED) is 0.478. The van der Waals surface area contributed by atoms with Crippen molar-refractivity contribution < 1.29 is 9.90 Å². The predicted molar refractivity (Wildman–Crippen MR) is 97.2 cm³/mol. The number of hydrogen-bond donors (Lipinski definition) is 3. The van der Waals surface area contributed by atoms with Gasteiger partial charge in [0, 0.05) is 11.1 Å². The minimum Gasteiger partial charge on any atom is -0.507 e. The number of phenols is 1. The molecule has 25 heavy (non-hydrogen) atoms. The molecule has 1 heterocycles. The van der Waals surface area contributed by atoms with E-state index >= 15 is 0 Å². The third kappa shape index (κ3) is 3.99. The molecule has 1 amide bonds. The monoisotopic (exact) mass is 374 g/mol. The van der Waals surface area contributed by atoms with Gasteiger partial charge in [-0.2, -0.15) is 10.2 Å². The summed E-state index contributed by atoms with van der Waals surface area (Å²) in [5.74, 6) is -0.394. The standard InChI is InChI=1S/C17H12Cl2N4O2/c18-12-6-5-10(7-13(12)19)14-8-15(22-21-14)17(25)23-20-9-11-3-1-2-4-16(11)24/h1-9,24H,(H,21,22)(H,23,25)/b20-9-. The molecule has 0 saturated carbocycles. The van der Waals surface area contributed by atoms with Crippen LogP contribution >= 0.6 is 23.2 Å². The molecular weight excluding hydrogens is 363 g/mol. The fourth-order valence-electron chi connectivity index (χ4n) is 2.06. The second-order valence-corrected chi connectivity index (χ2v) is 5.87. The Kier molecular flexibility index (Phi) is 5.02. The van der Waals surface area contributed by atoms with E-state index in [-0.39, 0.29) is 11.4 Å². The maximum Gasteiger partial charge on any atom is 0.289 e. The number of rotatable bonds is 4. The Hall–Kier alpha value is -2.83. The van der Waals surface area contributed by atoms with Crippen molar-refractivity contribution in [1.82, 2.24) is 15.6 Å². The lowest BCUT2D eigenvalue weighted by Gasteiger charge is -1.99. The number of carbonyl (C=O) groups is 1. The zero-order chi connectivity index (χ0) is 17.8. The lowest BCUT2D eigenvalue weighted by molar-refractivity contribution is 0.0950. The highest BCUT2D eigenvalue weighted by Crippen LogP contribution is 2.27. The molecule has 3 rings (SSSR count). The maximum absolute atomic E-state index is 12.1. The highest BCUT2D eigenvalue weighted by atomic mass is 35.5. The van der Waals surface area contributed by atoms with Crippen molar-refractivity contribution >= 4 is 35.3 Å². The number of nitrogens with one attached hydrogen (secondary N) is 2. The number of para-hydroxylation sites is 1. The Balaban J connectivity index is 1.70. The number of aromatic nitrogens is 2. The van der Waals surface area contributed by atoms with Crippen LogP contribution in [0.4, 0.5) is 0 Å². The summed E-state index contributed by atoms with van der Waals surface area (Å²) in [4.78, 5) is 12.1. The molecule has 0 fully saturated rings. The van der Waals surface area contributed by atoms with Crippen molar-refractivity contribution in [3.8, 4) is 17.0 Å². The Morgan fingerprint density at radius 1 is 1.16 bits per heavy atom. The molecule has 0 aliphatic carbocycles. The second kappa shape index (κ2) is 7.38. The Bertz CT molecular complexity index is 953. The highest BCUT2D eigenvalue weighted by Gasteiger charge is 2.11. The molecule has 0 aliphatic rings. The molecular formula is C17H12Cl2N4O2. The van der Waals surface area contributed by atoms with E-state index in [1.807, 2.05) is 0 Å². The normalized spacial score (nSPS) is 11.0.